The van der Waals surface area contributed by atoms with Gasteiger partial charge >= 0.3 is 0 Å². The minimum atomic E-state index is 0.131. The van der Waals surface area contributed by atoms with Crippen molar-refractivity contribution in [2.45, 2.75) is 4.90 Å². The van der Waals surface area contributed by atoms with E-state index in [0.29, 0.717) is 5.75 Å². The molecule has 3 aromatic carbocycles. The second-order valence-corrected chi connectivity index (χ2v) is 6.27. The molecule has 3 aromatic rings. The van der Waals surface area contributed by atoms with Crippen molar-refractivity contribution in [3.8, 4) is 11.1 Å². The zero-order valence-electron chi connectivity index (χ0n) is 12.6. The minimum absolute atomic E-state index is 0.131. The van der Waals surface area contributed by atoms with Gasteiger partial charge in [0, 0.05) is 16.1 Å². The maximum Gasteiger partial charge on any atom is 0.173 e. The van der Waals surface area contributed by atoms with Crippen LogP contribution in [0, 0.1) is 0 Å². The number of carbonyl (C=O) groups excluding carboxylic acids is 1. The fourth-order valence-electron chi connectivity index (χ4n) is 2.28. The molecule has 0 bridgehead atoms. The molecule has 0 aliphatic carbocycles. The SMILES string of the molecule is Nc1ccc(SCC(=O)c2ccc(-c3ccccc3)cc2)cc1. The van der Waals surface area contributed by atoms with Crippen LogP contribution in [0.4, 0.5) is 5.69 Å². The largest absolute Gasteiger partial charge is 0.399 e. The first-order valence-electron chi connectivity index (χ1n) is 7.39. The van der Waals surface area contributed by atoms with Gasteiger partial charge < -0.3 is 5.73 Å². The molecule has 0 aliphatic rings. The maximum atomic E-state index is 12.3. The molecule has 3 heteroatoms. The zero-order chi connectivity index (χ0) is 16.1. The van der Waals surface area contributed by atoms with Crippen molar-refractivity contribution in [1.29, 1.82) is 0 Å². The molecule has 114 valence electrons. The molecule has 0 atom stereocenters. The van der Waals surface area contributed by atoms with Crippen LogP contribution in [-0.4, -0.2) is 11.5 Å². The Morgan fingerprint density at radius 3 is 2.04 bits per heavy atom. The lowest BCUT2D eigenvalue weighted by Crippen LogP contribution is -2.02. The summed E-state index contributed by atoms with van der Waals surface area (Å²) >= 11 is 1.53. The van der Waals surface area contributed by atoms with Crippen LogP contribution < -0.4 is 5.73 Å². The summed E-state index contributed by atoms with van der Waals surface area (Å²) in [5.74, 6) is 0.556. The Morgan fingerprint density at radius 2 is 1.39 bits per heavy atom. The molecule has 0 radical (unpaired) electrons. The number of hydrogen-bond donors (Lipinski definition) is 1. The number of anilines is 1. The Morgan fingerprint density at radius 1 is 0.783 bits per heavy atom. The van der Waals surface area contributed by atoms with Crippen molar-refractivity contribution >= 4 is 23.2 Å². The highest BCUT2D eigenvalue weighted by Crippen LogP contribution is 2.22. The Kier molecular flexibility index (Phi) is 4.79. The number of rotatable bonds is 5. The summed E-state index contributed by atoms with van der Waals surface area (Å²) in [6, 6.07) is 25.5. The molecule has 0 fully saturated rings. The van der Waals surface area contributed by atoms with E-state index in [1.54, 1.807) is 0 Å². The van der Waals surface area contributed by atoms with Crippen molar-refractivity contribution in [1.82, 2.24) is 0 Å². The molecule has 2 N–H and O–H groups in total. The molecule has 23 heavy (non-hydrogen) atoms. The number of thioether (sulfide) groups is 1. The number of carbonyl (C=O) groups is 1. The summed E-state index contributed by atoms with van der Waals surface area (Å²) in [6.45, 7) is 0. The second-order valence-electron chi connectivity index (χ2n) is 5.22. The smallest absolute Gasteiger partial charge is 0.173 e. The number of hydrogen-bond acceptors (Lipinski definition) is 3. The van der Waals surface area contributed by atoms with Crippen molar-refractivity contribution in [3.63, 3.8) is 0 Å². The topological polar surface area (TPSA) is 43.1 Å². The number of Topliss-reactive ketones (excluding diaryl/α,β-unsaturated/α-hetero) is 1. The Labute approximate surface area is 140 Å². The fraction of sp³-hybridized carbons (Fsp3) is 0.0500. The van der Waals surface area contributed by atoms with Gasteiger partial charge in [-0.05, 0) is 35.4 Å². The maximum absolute atomic E-state index is 12.3. The quantitative estimate of drug-likeness (QED) is 0.413. The van der Waals surface area contributed by atoms with Crippen LogP contribution in [-0.2, 0) is 0 Å². The van der Waals surface area contributed by atoms with Crippen LogP contribution in [0.25, 0.3) is 11.1 Å². The number of ketones is 1. The third kappa shape index (κ3) is 4.02. The summed E-state index contributed by atoms with van der Waals surface area (Å²) in [5.41, 5.74) is 9.41. The molecule has 0 saturated heterocycles. The van der Waals surface area contributed by atoms with Gasteiger partial charge in [0.05, 0.1) is 5.75 Å². The van der Waals surface area contributed by atoms with Crippen LogP contribution >= 0.6 is 11.8 Å². The minimum Gasteiger partial charge on any atom is -0.399 e. The first-order valence-corrected chi connectivity index (χ1v) is 8.38. The summed E-state index contributed by atoms with van der Waals surface area (Å²) in [6.07, 6.45) is 0. The van der Waals surface area contributed by atoms with E-state index in [1.807, 2.05) is 66.7 Å². The van der Waals surface area contributed by atoms with E-state index in [9.17, 15) is 4.79 Å². The lowest BCUT2D eigenvalue weighted by Gasteiger charge is -2.05. The highest BCUT2D eigenvalue weighted by atomic mass is 32.2. The van der Waals surface area contributed by atoms with Gasteiger partial charge in [0.15, 0.2) is 5.78 Å². The number of nitrogens with two attached hydrogens (primary N) is 1. The van der Waals surface area contributed by atoms with Crippen LogP contribution in [0.15, 0.2) is 83.8 Å². The van der Waals surface area contributed by atoms with E-state index in [2.05, 4.69) is 12.1 Å². The molecule has 0 amide bonds. The van der Waals surface area contributed by atoms with E-state index in [4.69, 9.17) is 5.73 Å². The van der Waals surface area contributed by atoms with Crippen LogP contribution in [0.2, 0.25) is 0 Å². The van der Waals surface area contributed by atoms with Gasteiger partial charge in [-0.2, -0.15) is 0 Å². The summed E-state index contributed by atoms with van der Waals surface area (Å²) in [5, 5.41) is 0. The van der Waals surface area contributed by atoms with E-state index in [0.717, 1.165) is 27.3 Å². The normalized spacial score (nSPS) is 10.4. The van der Waals surface area contributed by atoms with E-state index >= 15 is 0 Å². The highest BCUT2D eigenvalue weighted by Gasteiger charge is 2.07. The predicted octanol–water partition coefficient (Wildman–Crippen LogP) is 4.91. The van der Waals surface area contributed by atoms with Crippen LogP contribution in [0.3, 0.4) is 0 Å². The molecule has 0 unspecified atom stereocenters. The Bertz CT molecular complexity index is 780. The molecule has 0 aliphatic heterocycles. The van der Waals surface area contributed by atoms with Crippen LogP contribution in [0.5, 0.6) is 0 Å². The average Bonchev–Trinajstić information content (AvgIpc) is 2.62. The monoisotopic (exact) mass is 319 g/mol. The summed E-state index contributed by atoms with van der Waals surface area (Å²) in [7, 11) is 0. The lowest BCUT2D eigenvalue weighted by atomic mass is 10.0. The van der Waals surface area contributed by atoms with Crippen molar-refractivity contribution in [2.24, 2.45) is 0 Å². The van der Waals surface area contributed by atoms with Gasteiger partial charge in [-0.1, -0.05) is 54.6 Å². The Hall–Kier alpha value is -2.52. The highest BCUT2D eigenvalue weighted by molar-refractivity contribution is 8.00. The fourth-order valence-corrected chi connectivity index (χ4v) is 3.07. The first-order chi connectivity index (χ1) is 11.2. The number of benzene rings is 3. The number of nitrogen functional groups attached to an aromatic ring is 1. The molecule has 0 aromatic heterocycles. The predicted molar refractivity (Wildman–Crippen MR) is 97.8 cm³/mol. The van der Waals surface area contributed by atoms with Crippen molar-refractivity contribution in [2.75, 3.05) is 11.5 Å². The third-order valence-corrected chi connectivity index (χ3v) is 4.58. The molecular formula is C20H17NOS. The molecule has 0 heterocycles. The average molecular weight is 319 g/mol. The van der Waals surface area contributed by atoms with Gasteiger partial charge in [0.2, 0.25) is 0 Å². The molecule has 0 saturated carbocycles. The van der Waals surface area contributed by atoms with Crippen LogP contribution in [0.1, 0.15) is 10.4 Å². The zero-order valence-corrected chi connectivity index (χ0v) is 13.4. The van der Waals surface area contributed by atoms with E-state index < -0.39 is 0 Å². The first kappa shape index (κ1) is 15.4. The standard InChI is InChI=1S/C20H17NOS/c21-18-10-12-19(13-11-18)23-14-20(22)17-8-6-16(7-9-17)15-4-2-1-3-5-15/h1-13H,14,21H2. The third-order valence-electron chi connectivity index (χ3n) is 3.56. The summed E-state index contributed by atoms with van der Waals surface area (Å²) in [4.78, 5) is 13.3. The van der Waals surface area contributed by atoms with Gasteiger partial charge in [0.1, 0.15) is 0 Å². The van der Waals surface area contributed by atoms with E-state index in [1.165, 1.54) is 11.8 Å². The van der Waals surface area contributed by atoms with Crippen molar-refractivity contribution < 1.29 is 4.79 Å². The van der Waals surface area contributed by atoms with Gasteiger partial charge in [0.25, 0.3) is 0 Å². The van der Waals surface area contributed by atoms with Crippen molar-refractivity contribution in [3.05, 3.63) is 84.4 Å². The van der Waals surface area contributed by atoms with Gasteiger partial charge in [-0.3, -0.25) is 4.79 Å². The lowest BCUT2D eigenvalue weighted by molar-refractivity contribution is 0.102. The van der Waals surface area contributed by atoms with E-state index in [-0.39, 0.29) is 5.78 Å². The van der Waals surface area contributed by atoms with Gasteiger partial charge in [-0.15, -0.1) is 11.8 Å². The molecule has 0 spiro atoms. The molecule has 2 nitrogen and oxygen atoms in total. The Balaban J connectivity index is 1.65. The second kappa shape index (κ2) is 7.16. The summed E-state index contributed by atoms with van der Waals surface area (Å²) < 4.78 is 0. The van der Waals surface area contributed by atoms with Gasteiger partial charge in [-0.25, -0.2) is 0 Å². The molecular weight excluding hydrogens is 302 g/mol. The molecule has 3 rings (SSSR count).